The lowest BCUT2D eigenvalue weighted by Gasteiger charge is -2.53. The average molecular weight is 381 g/mol. The van der Waals surface area contributed by atoms with Crippen LogP contribution in [0.3, 0.4) is 0 Å². The Hall–Kier alpha value is -0.153. The fourth-order valence-electron chi connectivity index (χ4n) is 6.91. The Morgan fingerprint density at radius 3 is 2.00 bits per heavy atom. The van der Waals surface area contributed by atoms with E-state index in [2.05, 4.69) is 48.5 Å². The van der Waals surface area contributed by atoms with Gasteiger partial charge in [-0.2, -0.15) is 0 Å². The van der Waals surface area contributed by atoms with E-state index in [1.165, 1.54) is 25.3 Å². The SMILES string of the molecule is CCO[C@H]1CC(=O)C2(CCCCC2)[C@@H](C[Si](C(C)C)(C(C)C)C(C)C)C1. The Labute approximate surface area is 163 Å². The van der Waals surface area contributed by atoms with Gasteiger partial charge in [0.2, 0.25) is 0 Å². The molecule has 0 amide bonds. The summed E-state index contributed by atoms with van der Waals surface area (Å²) in [7, 11) is -1.51. The molecule has 0 aliphatic heterocycles. The largest absolute Gasteiger partial charge is 0.378 e. The van der Waals surface area contributed by atoms with E-state index in [0.29, 0.717) is 18.1 Å². The van der Waals surface area contributed by atoms with Crippen molar-refractivity contribution in [1.29, 1.82) is 0 Å². The van der Waals surface area contributed by atoms with E-state index in [9.17, 15) is 4.79 Å². The van der Waals surface area contributed by atoms with Crippen molar-refractivity contribution in [1.82, 2.24) is 0 Å². The van der Waals surface area contributed by atoms with Crippen LogP contribution in [-0.4, -0.2) is 26.6 Å². The van der Waals surface area contributed by atoms with E-state index < -0.39 is 8.07 Å². The zero-order valence-corrected chi connectivity index (χ0v) is 19.6. The molecule has 2 fully saturated rings. The van der Waals surface area contributed by atoms with Crippen LogP contribution < -0.4 is 0 Å². The van der Waals surface area contributed by atoms with Crippen LogP contribution in [0.5, 0.6) is 0 Å². The zero-order chi connectivity index (χ0) is 19.5. The normalized spacial score (nSPS) is 27.1. The molecule has 26 heavy (non-hydrogen) atoms. The van der Waals surface area contributed by atoms with Gasteiger partial charge in [0.25, 0.3) is 0 Å². The van der Waals surface area contributed by atoms with Crippen molar-refractivity contribution in [3.8, 4) is 0 Å². The highest BCUT2D eigenvalue weighted by atomic mass is 28.3. The van der Waals surface area contributed by atoms with Crippen LogP contribution in [0.2, 0.25) is 22.7 Å². The van der Waals surface area contributed by atoms with Crippen LogP contribution in [0.4, 0.5) is 0 Å². The third kappa shape index (κ3) is 3.99. The fourth-order valence-corrected chi connectivity index (χ4v) is 13.7. The molecule has 2 rings (SSSR count). The van der Waals surface area contributed by atoms with E-state index >= 15 is 0 Å². The van der Waals surface area contributed by atoms with Gasteiger partial charge in [-0.1, -0.05) is 83.5 Å². The lowest BCUT2D eigenvalue weighted by atomic mass is 9.58. The molecule has 152 valence electrons. The van der Waals surface area contributed by atoms with Gasteiger partial charge in [-0.25, -0.2) is 0 Å². The van der Waals surface area contributed by atoms with Crippen LogP contribution in [-0.2, 0) is 9.53 Å². The first kappa shape index (κ1) is 22.1. The maximum atomic E-state index is 13.4. The van der Waals surface area contributed by atoms with E-state index in [-0.39, 0.29) is 11.5 Å². The molecule has 0 bridgehead atoms. The maximum absolute atomic E-state index is 13.4. The van der Waals surface area contributed by atoms with Crippen molar-refractivity contribution in [2.24, 2.45) is 11.3 Å². The monoisotopic (exact) mass is 380 g/mol. The third-order valence-corrected chi connectivity index (χ3v) is 15.9. The highest BCUT2D eigenvalue weighted by Gasteiger charge is 2.54. The van der Waals surface area contributed by atoms with Crippen LogP contribution in [0.25, 0.3) is 0 Å². The van der Waals surface area contributed by atoms with Gasteiger partial charge in [0, 0.05) is 18.4 Å². The quantitative estimate of drug-likeness (QED) is 0.444. The van der Waals surface area contributed by atoms with Gasteiger partial charge in [0.1, 0.15) is 5.78 Å². The minimum atomic E-state index is -1.51. The number of hydrogen-bond donors (Lipinski definition) is 0. The topological polar surface area (TPSA) is 26.3 Å². The molecular formula is C23H44O2Si. The van der Waals surface area contributed by atoms with E-state index in [4.69, 9.17) is 4.74 Å². The second kappa shape index (κ2) is 8.90. The second-order valence-corrected chi connectivity index (χ2v) is 16.2. The van der Waals surface area contributed by atoms with Gasteiger partial charge in [-0.05, 0) is 32.1 Å². The third-order valence-electron chi connectivity index (χ3n) is 8.27. The lowest BCUT2D eigenvalue weighted by Crippen LogP contribution is -2.54. The van der Waals surface area contributed by atoms with Crippen LogP contribution >= 0.6 is 0 Å². The van der Waals surface area contributed by atoms with Gasteiger partial charge in [0.05, 0.1) is 14.2 Å². The van der Waals surface area contributed by atoms with E-state index in [1.807, 2.05) is 0 Å². The number of ether oxygens (including phenoxy) is 1. The lowest BCUT2D eigenvalue weighted by molar-refractivity contribution is -0.144. The van der Waals surface area contributed by atoms with Crippen molar-refractivity contribution in [3.05, 3.63) is 0 Å². The van der Waals surface area contributed by atoms with Gasteiger partial charge in [0.15, 0.2) is 0 Å². The highest BCUT2D eigenvalue weighted by Crippen LogP contribution is 2.56. The Morgan fingerprint density at radius 1 is 1.00 bits per heavy atom. The molecule has 2 aliphatic carbocycles. The summed E-state index contributed by atoms with van der Waals surface area (Å²) in [5, 5.41) is 0. The van der Waals surface area contributed by atoms with Gasteiger partial charge >= 0.3 is 0 Å². The van der Waals surface area contributed by atoms with Crippen LogP contribution in [0.1, 0.15) is 93.4 Å². The molecular weight excluding hydrogens is 336 g/mol. The molecule has 2 saturated carbocycles. The summed E-state index contributed by atoms with van der Waals surface area (Å²) in [6, 6.07) is 1.33. The molecule has 0 radical (unpaired) electrons. The number of ketones is 1. The summed E-state index contributed by atoms with van der Waals surface area (Å²) >= 11 is 0. The summed E-state index contributed by atoms with van der Waals surface area (Å²) in [6.07, 6.45) is 8.08. The molecule has 0 heterocycles. The molecule has 3 heteroatoms. The molecule has 0 N–H and O–H groups in total. The minimum Gasteiger partial charge on any atom is -0.378 e. The number of Topliss-reactive ketones (excluding diaryl/α,β-unsaturated/α-hetero) is 1. The molecule has 1 spiro atoms. The summed E-state index contributed by atoms with van der Waals surface area (Å²) in [5.74, 6) is 1.10. The molecule has 0 aromatic rings. The van der Waals surface area contributed by atoms with E-state index in [1.54, 1.807) is 0 Å². The first-order valence-electron chi connectivity index (χ1n) is 11.4. The van der Waals surface area contributed by atoms with Crippen LogP contribution in [0, 0.1) is 11.3 Å². The van der Waals surface area contributed by atoms with Gasteiger partial charge < -0.3 is 4.74 Å². The molecule has 2 aliphatic rings. The molecule has 2 atom stereocenters. The fraction of sp³-hybridized carbons (Fsp3) is 0.957. The first-order valence-corrected chi connectivity index (χ1v) is 13.8. The van der Waals surface area contributed by atoms with Crippen LogP contribution in [0.15, 0.2) is 0 Å². The second-order valence-electron chi connectivity index (χ2n) is 10.1. The smallest absolute Gasteiger partial charge is 0.141 e. The Morgan fingerprint density at radius 2 is 1.54 bits per heavy atom. The number of rotatable bonds is 7. The Kier molecular flexibility index (Phi) is 7.58. The van der Waals surface area contributed by atoms with Crippen molar-refractivity contribution in [2.75, 3.05) is 6.61 Å². The molecule has 0 saturated heterocycles. The molecule has 0 unspecified atom stereocenters. The highest BCUT2D eigenvalue weighted by molar-refractivity contribution is 6.83. The average Bonchev–Trinajstić information content (AvgIpc) is 2.57. The van der Waals surface area contributed by atoms with Crippen molar-refractivity contribution < 1.29 is 9.53 Å². The van der Waals surface area contributed by atoms with Crippen molar-refractivity contribution in [3.63, 3.8) is 0 Å². The van der Waals surface area contributed by atoms with Gasteiger partial charge in [-0.15, -0.1) is 0 Å². The number of carbonyl (C=O) groups excluding carboxylic acids is 1. The summed E-state index contributed by atoms with van der Waals surface area (Å²) in [4.78, 5) is 13.4. The molecule has 0 aromatic heterocycles. The first-order chi connectivity index (χ1) is 12.2. The van der Waals surface area contributed by atoms with E-state index in [0.717, 1.165) is 42.5 Å². The Balaban J connectivity index is 2.39. The Bertz CT molecular complexity index is 441. The van der Waals surface area contributed by atoms with Crippen molar-refractivity contribution in [2.45, 2.75) is 122 Å². The van der Waals surface area contributed by atoms with Crippen molar-refractivity contribution >= 4 is 13.9 Å². The summed E-state index contributed by atoms with van der Waals surface area (Å²) in [5.41, 5.74) is 2.30. The number of hydrogen-bond acceptors (Lipinski definition) is 2. The molecule has 0 aromatic carbocycles. The summed E-state index contributed by atoms with van der Waals surface area (Å²) < 4.78 is 6.01. The minimum absolute atomic E-state index is 0.0111. The summed E-state index contributed by atoms with van der Waals surface area (Å²) in [6.45, 7) is 17.6. The van der Waals surface area contributed by atoms with Gasteiger partial charge in [-0.3, -0.25) is 4.79 Å². The number of carbonyl (C=O) groups is 1. The maximum Gasteiger partial charge on any atom is 0.141 e. The molecule has 2 nitrogen and oxygen atoms in total. The zero-order valence-electron chi connectivity index (χ0n) is 18.6. The standard InChI is InChI=1S/C23H44O2Si/c1-8-25-21-14-20(16-26(17(2)3,18(4)5)19(6)7)23(22(24)15-21)12-10-9-11-13-23/h17-21H,8-16H2,1-7H3/t20-,21-/m1/s1. The predicted molar refractivity (Wildman–Crippen MR) is 115 cm³/mol. The predicted octanol–water partition coefficient (Wildman–Crippen LogP) is 7.00.